The van der Waals surface area contributed by atoms with Crippen molar-refractivity contribution >= 4 is 17.7 Å². The number of hydrazine groups is 1. The zero-order chi connectivity index (χ0) is 20.7. The van der Waals surface area contributed by atoms with Gasteiger partial charge < -0.3 is 14.8 Å². The fourth-order valence-electron chi connectivity index (χ4n) is 2.33. The minimum absolute atomic E-state index is 0.246. The van der Waals surface area contributed by atoms with Crippen molar-refractivity contribution in [2.45, 2.75) is 13.8 Å². The first-order chi connectivity index (χ1) is 13.3. The molecule has 28 heavy (non-hydrogen) atoms. The Morgan fingerprint density at radius 2 is 1.43 bits per heavy atom. The van der Waals surface area contributed by atoms with Crippen molar-refractivity contribution in [3.63, 3.8) is 0 Å². The number of amides is 3. The molecule has 0 aliphatic rings. The molecule has 2 aromatic carbocycles. The Bertz CT molecular complexity index is 873. The SMILES string of the molecule is COc1cc(OC)cc(C(=O)NNC(=O)CNC(=O)c2ccc(C)c(C)c2)c1. The zero-order valence-corrected chi connectivity index (χ0v) is 16.2. The molecule has 0 fully saturated rings. The third-order valence-electron chi connectivity index (χ3n) is 4.11. The monoisotopic (exact) mass is 385 g/mol. The number of hydrogen-bond donors (Lipinski definition) is 3. The molecule has 0 radical (unpaired) electrons. The van der Waals surface area contributed by atoms with Gasteiger partial charge in [-0.3, -0.25) is 25.2 Å². The standard InChI is InChI=1S/C20H23N3O5/c1-12-5-6-14(7-13(12)2)19(25)21-11-18(24)22-23-20(26)15-8-16(27-3)10-17(9-15)28-4/h5-10H,11H2,1-4H3,(H,21,25)(H,22,24)(H,23,26). The molecule has 148 valence electrons. The van der Waals surface area contributed by atoms with E-state index in [1.807, 2.05) is 19.9 Å². The number of benzene rings is 2. The van der Waals surface area contributed by atoms with Crippen LogP contribution in [-0.4, -0.2) is 38.5 Å². The summed E-state index contributed by atoms with van der Waals surface area (Å²) in [6, 6.07) is 9.91. The van der Waals surface area contributed by atoms with Crippen molar-refractivity contribution in [1.82, 2.24) is 16.2 Å². The predicted octanol–water partition coefficient (Wildman–Crippen LogP) is 1.51. The van der Waals surface area contributed by atoms with Crippen LogP contribution in [0.5, 0.6) is 11.5 Å². The lowest BCUT2D eigenvalue weighted by molar-refractivity contribution is -0.120. The van der Waals surface area contributed by atoms with Crippen molar-refractivity contribution in [3.05, 3.63) is 58.7 Å². The van der Waals surface area contributed by atoms with E-state index >= 15 is 0 Å². The average molecular weight is 385 g/mol. The van der Waals surface area contributed by atoms with E-state index in [0.717, 1.165) is 11.1 Å². The van der Waals surface area contributed by atoms with Gasteiger partial charge in [-0.05, 0) is 49.2 Å². The van der Waals surface area contributed by atoms with Gasteiger partial charge in [0, 0.05) is 17.2 Å². The predicted molar refractivity (Wildman–Crippen MR) is 103 cm³/mol. The molecule has 8 nitrogen and oxygen atoms in total. The van der Waals surface area contributed by atoms with Gasteiger partial charge in [0.05, 0.1) is 20.8 Å². The molecule has 0 aliphatic heterocycles. The summed E-state index contributed by atoms with van der Waals surface area (Å²) in [5, 5.41) is 2.50. The number of rotatable bonds is 6. The van der Waals surface area contributed by atoms with Gasteiger partial charge in [0.1, 0.15) is 11.5 Å². The van der Waals surface area contributed by atoms with Gasteiger partial charge in [0.15, 0.2) is 0 Å². The molecule has 0 atom stereocenters. The lowest BCUT2D eigenvalue weighted by Crippen LogP contribution is -2.46. The molecule has 8 heteroatoms. The lowest BCUT2D eigenvalue weighted by Gasteiger charge is -2.11. The van der Waals surface area contributed by atoms with Gasteiger partial charge >= 0.3 is 0 Å². The Morgan fingerprint density at radius 3 is 2.00 bits per heavy atom. The Labute approximate surface area is 163 Å². The third kappa shape index (κ3) is 5.47. The Balaban J connectivity index is 1.87. The van der Waals surface area contributed by atoms with Crippen LogP contribution in [0.3, 0.4) is 0 Å². The highest BCUT2D eigenvalue weighted by atomic mass is 16.5. The third-order valence-corrected chi connectivity index (χ3v) is 4.11. The average Bonchev–Trinajstić information content (AvgIpc) is 2.71. The summed E-state index contributed by atoms with van der Waals surface area (Å²) >= 11 is 0. The fraction of sp³-hybridized carbons (Fsp3) is 0.250. The van der Waals surface area contributed by atoms with Gasteiger partial charge in [-0.1, -0.05) is 6.07 Å². The first kappa shape index (κ1) is 20.8. The molecule has 0 unspecified atom stereocenters. The molecule has 0 aromatic heterocycles. The van der Waals surface area contributed by atoms with E-state index < -0.39 is 11.8 Å². The van der Waals surface area contributed by atoms with Crippen LogP contribution >= 0.6 is 0 Å². The van der Waals surface area contributed by atoms with Gasteiger partial charge in [0.25, 0.3) is 17.7 Å². The van der Waals surface area contributed by atoms with E-state index in [2.05, 4.69) is 16.2 Å². The topological polar surface area (TPSA) is 106 Å². The second-order valence-corrected chi connectivity index (χ2v) is 6.09. The summed E-state index contributed by atoms with van der Waals surface area (Å²) in [5.74, 6) is -0.610. The summed E-state index contributed by atoms with van der Waals surface area (Å²) < 4.78 is 10.2. The van der Waals surface area contributed by atoms with Gasteiger partial charge in [0.2, 0.25) is 0 Å². The van der Waals surface area contributed by atoms with Gasteiger partial charge in [-0.25, -0.2) is 0 Å². The van der Waals surface area contributed by atoms with Crippen LogP contribution in [0.1, 0.15) is 31.8 Å². The largest absolute Gasteiger partial charge is 0.497 e. The number of carbonyl (C=O) groups is 3. The Hall–Kier alpha value is -3.55. The molecular formula is C20H23N3O5. The second kappa shape index (κ2) is 9.40. The van der Waals surface area contributed by atoms with Crippen molar-refractivity contribution in [2.75, 3.05) is 20.8 Å². The number of hydrogen-bond acceptors (Lipinski definition) is 5. The van der Waals surface area contributed by atoms with E-state index in [9.17, 15) is 14.4 Å². The summed E-state index contributed by atoms with van der Waals surface area (Å²) in [6.45, 7) is 3.57. The maximum Gasteiger partial charge on any atom is 0.269 e. The molecule has 0 heterocycles. The maximum atomic E-state index is 12.2. The first-order valence-corrected chi connectivity index (χ1v) is 8.51. The first-order valence-electron chi connectivity index (χ1n) is 8.51. The lowest BCUT2D eigenvalue weighted by atomic mass is 10.1. The molecule has 2 aromatic rings. The van der Waals surface area contributed by atoms with E-state index in [-0.39, 0.29) is 18.0 Å². The van der Waals surface area contributed by atoms with Crippen LogP contribution in [0.15, 0.2) is 36.4 Å². The maximum absolute atomic E-state index is 12.2. The smallest absolute Gasteiger partial charge is 0.269 e. The zero-order valence-electron chi connectivity index (χ0n) is 16.2. The van der Waals surface area contributed by atoms with E-state index in [0.29, 0.717) is 17.1 Å². The van der Waals surface area contributed by atoms with E-state index in [4.69, 9.17) is 9.47 Å². The molecule has 0 bridgehead atoms. The molecule has 2 rings (SSSR count). The minimum Gasteiger partial charge on any atom is -0.497 e. The van der Waals surface area contributed by atoms with Crippen molar-refractivity contribution in [2.24, 2.45) is 0 Å². The van der Waals surface area contributed by atoms with Crippen LogP contribution in [0.4, 0.5) is 0 Å². The molecule has 0 saturated carbocycles. The number of ether oxygens (including phenoxy) is 2. The van der Waals surface area contributed by atoms with E-state index in [1.54, 1.807) is 18.2 Å². The molecule has 3 N–H and O–H groups in total. The summed E-state index contributed by atoms with van der Waals surface area (Å²) in [7, 11) is 2.94. The Kier molecular flexibility index (Phi) is 6.97. The number of methoxy groups -OCH3 is 2. The summed E-state index contributed by atoms with van der Waals surface area (Å²) in [5.41, 5.74) is 7.30. The van der Waals surface area contributed by atoms with Crippen molar-refractivity contribution < 1.29 is 23.9 Å². The van der Waals surface area contributed by atoms with Crippen LogP contribution in [0.2, 0.25) is 0 Å². The second-order valence-electron chi connectivity index (χ2n) is 6.09. The fourth-order valence-corrected chi connectivity index (χ4v) is 2.33. The molecule has 0 saturated heterocycles. The minimum atomic E-state index is -0.569. The molecule has 3 amide bonds. The van der Waals surface area contributed by atoms with Gasteiger partial charge in [-0.15, -0.1) is 0 Å². The number of aryl methyl sites for hydroxylation is 2. The van der Waals surface area contributed by atoms with Crippen LogP contribution in [0.25, 0.3) is 0 Å². The Morgan fingerprint density at radius 1 is 0.786 bits per heavy atom. The molecule has 0 aliphatic carbocycles. The van der Waals surface area contributed by atoms with Crippen molar-refractivity contribution in [3.8, 4) is 11.5 Å². The quantitative estimate of drug-likeness (QED) is 0.654. The highest BCUT2D eigenvalue weighted by Crippen LogP contribution is 2.22. The number of carbonyl (C=O) groups excluding carboxylic acids is 3. The molecular weight excluding hydrogens is 362 g/mol. The highest BCUT2D eigenvalue weighted by molar-refractivity contribution is 5.98. The summed E-state index contributed by atoms with van der Waals surface area (Å²) in [4.78, 5) is 36.2. The summed E-state index contributed by atoms with van der Waals surface area (Å²) in [6.07, 6.45) is 0. The normalized spacial score (nSPS) is 10.0. The highest BCUT2D eigenvalue weighted by Gasteiger charge is 2.12. The van der Waals surface area contributed by atoms with Crippen LogP contribution in [0, 0.1) is 13.8 Å². The van der Waals surface area contributed by atoms with Crippen LogP contribution in [-0.2, 0) is 4.79 Å². The molecule has 0 spiro atoms. The van der Waals surface area contributed by atoms with Crippen LogP contribution < -0.4 is 25.6 Å². The van der Waals surface area contributed by atoms with E-state index in [1.165, 1.54) is 26.4 Å². The van der Waals surface area contributed by atoms with Crippen molar-refractivity contribution in [1.29, 1.82) is 0 Å². The van der Waals surface area contributed by atoms with Gasteiger partial charge in [-0.2, -0.15) is 0 Å². The number of nitrogens with one attached hydrogen (secondary N) is 3.